The quantitative estimate of drug-likeness (QED) is 0.724. The summed E-state index contributed by atoms with van der Waals surface area (Å²) in [4.78, 5) is 9.08. The number of thiazole rings is 1. The molecule has 3 aromatic rings. The molecule has 2 aromatic heterocycles. The van der Waals surface area contributed by atoms with Crippen LogP contribution in [-0.2, 0) is 0 Å². The normalized spacial score (nSPS) is 10.5. The molecule has 0 aliphatic heterocycles. The molecule has 1 aromatic carbocycles. The average molecular weight is 286 g/mol. The van der Waals surface area contributed by atoms with E-state index < -0.39 is 0 Å². The maximum absolute atomic E-state index is 5.53. The van der Waals surface area contributed by atoms with Crippen LogP contribution in [0.5, 0.6) is 0 Å². The van der Waals surface area contributed by atoms with Crippen LogP contribution in [-0.4, -0.2) is 15.0 Å². The zero-order chi connectivity index (χ0) is 13.2. The number of aromatic nitrogens is 2. The molecular weight excluding hydrogens is 276 g/mol. The molecular formula is C13H10N4S2. The fourth-order valence-corrected chi connectivity index (χ4v) is 2.64. The number of hydrogen-bond acceptors (Lipinski definition) is 5. The second kappa shape index (κ2) is 4.91. The van der Waals surface area contributed by atoms with Crippen molar-refractivity contribution in [3.05, 3.63) is 48.2 Å². The van der Waals surface area contributed by atoms with Crippen molar-refractivity contribution >= 4 is 49.7 Å². The van der Waals surface area contributed by atoms with Gasteiger partial charge in [0, 0.05) is 11.8 Å². The second-order valence-electron chi connectivity index (χ2n) is 3.91. The molecule has 3 rings (SSSR count). The van der Waals surface area contributed by atoms with Crippen molar-refractivity contribution in [2.75, 3.05) is 5.32 Å². The minimum atomic E-state index is 0.346. The standard InChI is InChI=1S/C13H10N4S2/c14-12(18)8-5-6-11(15-7-8)17-13-16-9-3-1-2-4-10(9)19-13/h1-7H,(H2,14,18)(H,15,16,17). The number of nitrogens with two attached hydrogens (primary N) is 1. The first kappa shape index (κ1) is 12.0. The number of para-hydroxylation sites is 1. The van der Waals surface area contributed by atoms with E-state index in [9.17, 15) is 0 Å². The first-order valence-corrected chi connectivity index (χ1v) is 6.83. The highest BCUT2D eigenvalue weighted by molar-refractivity contribution is 7.80. The Kier molecular flexibility index (Phi) is 3.10. The van der Waals surface area contributed by atoms with E-state index in [0.29, 0.717) is 4.99 Å². The maximum atomic E-state index is 5.53. The van der Waals surface area contributed by atoms with Crippen LogP contribution in [0.2, 0.25) is 0 Å². The number of nitrogens with zero attached hydrogens (tertiary/aromatic N) is 2. The number of thiocarbonyl (C=S) groups is 1. The molecule has 0 unspecified atom stereocenters. The summed E-state index contributed by atoms with van der Waals surface area (Å²) in [6.45, 7) is 0. The highest BCUT2D eigenvalue weighted by atomic mass is 32.1. The van der Waals surface area contributed by atoms with E-state index in [4.69, 9.17) is 18.0 Å². The van der Waals surface area contributed by atoms with Crippen molar-refractivity contribution in [1.82, 2.24) is 9.97 Å². The molecule has 0 saturated heterocycles. The second-order valence-corrected chi connectivity index (χ2v) is 5.38. The van der Waals surface area contributed by atoms with Crippen molar-refractivity contribution in [2.24, 2.45) is 5.73 Å². The third-order valence-corrected chi connectivity index (χ3v) is 3.76. The Bertz CT molecular complexity index is 701. The monoisotopic (exact) mass is 286 g/mol. The van der Waals surface area contributed by atoms with Crippen molar-refractivity contribution in [1.29, 1.82) is 0 Å². The number of nitrogens with one attached hydrogen (secondary N) is 1. The molecule has 0 atom stereocenters. The number of anilines is 2. The summed E-state index contributed by atoms with van der Waals surface area (Å²) >= 11 is 6.48. The minimum absolute atomic E-state index is 0.346. The zero-order valence-corrected chi connectivity index (χ0v) is 11.5. The molecule has 6 heteroatoms. The maximum Gasteiger partial charge on any atom is 0.189 e. The number of benzene rings is 1. The largest absolute Gasteiger partial charge is 0.389 e. The van der Waals surface area contributed by atoms with Gasteiger partial charge in [0.2, 0.25) is 0 Å². The highest BCUT2D eigenvalue weighted by Crippen LogP contribution is 2.27. The Hall–Kier alpha value is -2.05. The summed E-state index contributed by atoms with van der Waals surface area (Å²) < 4.78 is 1.14. The lowest BCUT2D eigenvalue weighted by Crippen LogP contribution is -2.09. The Morgan fingerprint density at radius 2 is 2.05 bits per heavy atom. The SMILES string of the molecule is NC(=S)c1ccc(Nc2nc3ccccc3s2)nc1. The van der Waals surface area contributed by atoms with E-state index in [-0.39, 0.29) is 0 Å². The van der Waals surface area contributed by atoms with E-state index in [0.717, 1.165) is 26.7 Å². The van der Waals surface area contributed by atoms with Crippen molar-refractivity contribution in [3.63, 3.8) is 0 Å². The lowest BCUT2D eigenvalue weighted by molar-refractivity contribution is 1.29. The average Bonchev–Trinajstić information content (AvgIpc) is 2.81. The van der Waals surface area contributed by atoms with Crippen molar-refractivity contribution < 1.29 is 0 Å². The van der Waals surface area contributed by atoms with Crippen LogP contribution in [0.15, 0.2) is 42.6 Å². The molecule has 0 aliphatic rings. The fourth-order valence-electron chi connectivity index (χ4n) is 1.65. The topological polar surface area (TPSA) is 63.8 Å². The molecule has 0 bridgehead atoms. The van der Waals surface area contributed by atoms with Crippen LogP contribution < -0.4 is 11.1 Å². The number of fused-ring (bicyclic) bond motifs is 1. The predicted octanol–water partition coefficient (Wildman–Crippen LogP) is 3.07. The Balaban J connectivity index is 1.86. The Morgan fingerprint density at radius 3 is 2.74 bits per heavy atom. The fraction of sp³-hybridized carbons (Fsp3) is 0. The van der Waals surface area contributed by atoms with Gasteiger partial charge in [0.15, 0.2) is 5.13 Å². The van der Waals surface area contributed by atoms with Gasteiger partial charge in [0.1, 0.15) is 10.8 Å². The molecule has 0 saturated carbocycles. The van der Waals surface area contributed by atoms with Gasteiger partial charge in [0.05, 0.1) is 10.2 Å². The van der Waals surface area contributed by atoms with Gasteiger partial charge in [-0.05, 0) is 24.3 Å². The molecule has 2 heterocycles. The van der Waals surface area contributed by atoms with Gasteiger partial charge in [-0.15, -0.1) is 0 Å². The van der Waals surface area contributed by atoms with Gasteiger partial charge in [0.25, 0.3) is 0 Å². The lowest BCUT2D eigenvalue weighted by Gasteiger charge is -2.02. The summed E-state index contributed by atoms with van der Waals surface area (Å²) in [6.07, 6.45) is 1.65. The number of rotatable bonds is 3. The molecule has 94 valence electrons. The van der Waals surface area contributed by atoms with Gasteiger partial charge < -0.3 is 11.1 Å². The molecule has 0 aliphatic carbocycles. The number of hydrogen-bond donors (Lipinski definition) is 2. The highest BCUT2D eigenvalue weighted by Gasteiger charge is 2.04. The van der Waals surface area contributed by atoms with Crippen LogP contribution in [0.4, 0.5) is 10.9 Å². The molecule has 0 radical (unpaired) electrons. The Labute approximate surface area is 119 Å². The van der Waals surface area contributed by atoms with E-state index in [1.807, 2.05) is 36.4 Å². The van der Waals surface area contributed by atoms with Gasteiger partial charge in [-0.2, -0.15) is 0 Å². The molecule has 19 heavy (non-hydrogen) atoms. The van der Waals surface area contributed by atoms with Crippen LogP contribution in [0, 0.1) is 0 Å². The summed E-state index contributed by atoms with van der Waals surface area (Å²) in [5.74, 6) is 0.721. The summed E-state index contributed by atoms with van der Waals surface area (Å²) in [7, 11) is 0. The van der Waals surface area contributed by atoms with Gasteiger partial charge >= 0.3 is 0 Å². The van der Waals surface area contributed by atoms with E-state index in [1.165, 1.54) is 0 Å². The van der Waals surface area contributed by atoms with E-state index >= 15 is 0 Å². The third kappa shape index (κ3) is 2.54. The number of pyridine rings is 1. The first-order valence-electron chi connectivity index (χ1n) is 5.61. The molecule has 3 N–H and O–H groups in total. The van der Waals surface area contributed by atoms with Crippen LogP contribution in [0.3, 0.4) is 0 Å². The molecule has 0 spiro atoms. The summed E-state index contributed by atoms with van der Waals surface area (Å²) in [5.41, 5.74) is 7.26. The first-order chi connectivity index (χ1) is 9.22. The Morgan fingerprint density at radius 1 is 1.21 bits per heavy atom. The molecule has 0 fully saturated rings. The molecule has 4 nitrogen and oxygen atoms in total. The van der Waals surface area contributed by atoms with Crippen molar-refractivity contribution in [3.8, 4) is 0 Å². The summed E-state index contributed by atoms with van der Waals surface area (Å²) in [6, 6.07) is 11.7. The van der Waals surface area contributed by atoms with Gasteiger partial charge in [-0.3, -0.25) is 0 Å². The van der Waals surface area contributed by atoms with Crippen LogP contribution in [0.1, 0.15) is 5.56 Å². The van der Waals surface area contributed by atoms with Gasteiger partial charge in [-0.25, -0.2) is 9.97 Å². The van der Waals surface area contributed by atoms with Crippen LogP contribution >= 0.6 is 23.6 Å². The smallest absolute Gasteiger partial charge is 0.189 e. The molecule has 0 amide bonds. The van der Waals surface area contributed by atoms with Crippen molar-refractivity contribution in [2.45, 2.75) is 0 Å². The lowest BCUT2D eigenvalue weighted by atomic mass is 10.3. The third-order valence-electron chi connectivity index (χ3n) is 2.58. The van der Waals surface area contributed by atoms with E-state index in [1.54, 1.807) is 17.5 Å². The van der Waals surface area contributed by atoms with Gasteiger partial charge in [-0.1, -0.05) is 35.7 Å². The summed E-state index contributed by atoms with van der Waals surface area (Å²) in [5, 5.41) is 3.99. The van der Waals surface area contributed by atoms with Crippen LogP contribution in [0.25, 0.3) is 10.2 Å². The van der Waals surface area contributed by atoms with E-state index in [2.05, 4.69) is 15.3 Å². The zero-order valence-electron chi connectivity index (χ0n) is 9.83. The minimum Gasteiger partial charge on any atom is -0.389 e. The predicted molar refractivity (Wildman–Crippen MR) is 83.0 cm³/mol.